The summed E-state index contributed by atoms with van der Waals surface area (Å²) in [5, 5.41) is 16.5. The number of carboxylic acid groups (broad SMARTS) is 1. The molecular weight excluding hydrogens is 898 g/mol. The second kappa shape index (κ2) is 20.8. The smallest absolute Gasteiger partial charge is 0.471 e. The van der Waals surface area contributed by atoms with E-state index in [2.05, 4.69) is 52.0 Å². The van der Waals surface area contributed by atoms with Crippen molar-refractivity contribution in [1.82, 2.24) is 35.7 Å². The van der Waals surface area contributed by atoms with Crippen molar-refractivity contribution in [3.8, 4) is 11.4 Å². The lowest BCUT2D eigenvalue weighted by Crippen LogP contribution is -2.31. The fraction of sp³-hybridized carbons (Fsp3) is 0.219. The molecule has 5 aromatic rings. The maximum absolute atomic E-state index is 12.9. The molecule has 16 nitrogen and oxygen atoms in total. The molecule has 3 heterocycles. The molecule has 0 saturated heterocycles. The van der Waals surface area contributed by atoms with Crippen molar-refractivity contribution in [1.29, 1.82) is 0 Å². The average Bonchev–Trinajstić information content (AvgIpc) is 3.67. The van der Waals surface area contributed by atoms with Crippen LogP contribution >= 0.6 is 31.9 Å². The first-order chi connectivity index (χ1) is 25.4. The molecule has 0 atom stereocenters. The number of hydrogen-bond acceptors (Lipinski definition) is 12. The third-order valence-corrected chi connectivity index (χ3v) is 7.24. The van der Waals surface area contributed by atoms with Gasteiger partial charge in [0, 0.05) is 15.1 Å². The Morgan fingerprint density at radius 2 is 1.34 bits per heavy atom. The van der Waals surface area contributed by atoms with E-state index in [0.717, 1.165) is 15.6 Å². The van der Waals surface area contributed by atoms with Gasteiger partial charge in [0.2, 0.25) is 5.82 Å². The third-order valence-electron chi connectivity index (χ3n) is 6.25. The number of carbonyl (C=O) groups excluding carboxylic acids is 4. The van der Waals surface area contributed by atoms with Crippen molar-refractivity contribution in [2.45, 2.75) is 33.6 Å². The van der Waals surface area contributed by atoms with E-state index in [9.17, 15) is 45.5 Å². The van der Waals surface area contributed by atoms with E-state index >= 15 is 0 Å². The van der Waals surface area contributed by atoms with Gasteiger partial charge in [0.15, 0.2) is 23.3 Å². The highest BCUT2D eigenvalue weighted by atomic mass is 79.9. The van der Waals surface area contributed by atoms with E-state index in [0.29, 0.717) is 14.6 Å². The summed E-state index contributed by atoms with van der Waals surface area (Å²) in [4.78, 5) is 62.0. The van der Waals surface area contributed by atoms with Crippen LogP contribution in [0, 0.1) is 0 Å². The van der Waals surface area contributed by atoms with Gasteiger partial charge in [-0.2, -0.15) is 36.5 Å². The van der Waals surface area contributed by atoms with Gasteiger partial charge >= 0.3 is 30.2 Å². The van der Waals surface area contributed by atoms with E-state index in [-0.39, 0.29) is 62.0 Å². The van der Waals surface area contributed by atoms with Gasteiger partial charge in [0.25, 0.3) is 6.47 Å². The van der Waals surface area contributed by atoms with E-state index in [1.54, 1.807) is 48.6 Å². The molecule has 24 heteroatoms. The SMILES string of the molecule is C.CCOC(=O)c1nn(-c2cccc(Br)c2)c(NC(=O)C(F)(F)F)c1C=O.CCOC(=O)c1nn(-c2cccc(Br)c2)c2nc(C(F)(F)F)ncc12.N.O=CO. The minimum Gasteiger partial charge on any atom is -0.483 e. The Labute approximate surface area is 329 Å². The zero-order valence-electron chi connectivity index (χ0n) is 28.0. The summed E-state index contributed by atoms with van der Waals surface area (Å²) >= 11 is 6.48. The summed E-state index contributed by atoms with van der Waals surface area (Å²) in [5.74, 6) is -5.99. The number of fused-ring (bicyclic) bond motifs is 1. The highest BCUT2D eigenvalue weighted by Gasteiger charge is 2.40. The summed E-state index contributed by atoms with van der Waals surface area (Å²) in [5.41, 5.74) is -0.688. The number of alkyl halides is 6. The number of carbonyl (C=O) groups is 5. The number of hydrogen-bond donors (Lipinski definition) is 3. The normalized spacial score (nSPS) is 10.6. The highest BCUT2D eigenvalue weighted by molar-refractivity contribution is 9.10. The molecule has 3 aromatic heterocycles. The summed E-state index contributed by atoms with van der Waals surface area (Å²) in [6, 6.07) is 12.8. The summed E-state index contributed by atoms with van der Waals surface area (Å²) in [6.07, 6.45) is -8.86. The largest absolute Gasteiger partial charge is 0.483 e. The number of halogens is 8. The second-order valence-electron chi connectivity index (χ2n) is 9.79. The van der Waals surface area contributed by atoms with Crippen molar-refractivity contribution in [2.24, 2.45) is 0 Å². The number of rotatable bonds is 8. The van der Waals surface area contributed by atoms with Crippen LogP contribution in [-0.2, 0) is 25.2 Å². The molecule has 56 heavy (non-hydrogen) atoms. The van der Waals surface area contributed by atoms with Crippen LogP contribution in [-0.4, -0.2) is 84.6 Å². The quantitative estimate of drug-likeness (QED) is 0.0783. The van der Waals surface area contributed by atoms with Crippen LogP contribution in [0.3, 0.4) is 0 Å². The maximum Gasteiger partial charge on any atom is 0.471 e. The number of aromatic nitrogens is 6. The number of esters is 2. The molecule has 302 valence electrons. The number of anilines is 1. The van der Waals surface area contributed by atoms with E-state index in [1.165, 1.54) is 19.1 Å². The van der Waals surface area contributed by atoms with Gasteiger partial charge in [-0.25, -0.2) is 28.9 Å². The average molecular weight is 928 g/mol. The molecule has 0 radical (unpaired) electrons. The molecule has 0 unspecified atom stereocenters. The van der Waals surface area contributed by atoms with E-state index in [4.69, 9.17) is 19.4 Å². The Morgan fingerprint density at radius 1 is 0.857 bits per heavy atom. The Kier molecular flexibility index (Phi) is 17.9. The van der Waals surface area contributed by atoms with E-state index < -0.39 is 53.1 Å². The lowest BCUT2D eigenvalue weighted by molar-refractivity contribution is -0.167. The molecular formula is C32H30Br2F6N8O8. The minimum atomic E-state index is -5.20. The van der Waals surface area contributed by atoms with Crippen LogP contribution in [0.15, 0.2) is 63.7 Å². The molecule has 0 spiro atoms. The fourth-order valence-electron chi connectivity index (χ4n) is 4.16. The number of nitrogens with zero attached hydrogens (tertiary/aromatic N) is 6. The van der Waals surface area contributed by atoms with Gasteiger partial charge in [-0.15, -0.1) is 0 Å². The molecule has 0 aliphatic heterocycles. The molecule has 0 saturated carbocycles. The molecule has 0 aliphatic rings. The predicted molar refractivity (Wildman–Crippen MR) is 193 cm³/mol. The summed E-state index contributed by atoms with van der Waals surface area (Å²) < 4.78 is 89.6. The lowest BCUT2D eigenvalue weighted by Gasteiger charge is -2.11. The molecule has 0 aliphatic carbocycles. The molecule has 5 rings (SSSR count). The van der Waals surface area contributed by atoms with Crippen molar-refractivity contribution >= 4 is 79.3 Å². The van der Waals surface area contributed by atoms with Gasteiger partial charge in [-0.3, -0.25) is 14.4 Å². The number of benzene rings is 2. The van der Waals surface area contributed by atoms with Crippen LogP contribution in [0.2, 0.25) is 0 Å². The van der Waals surface area contributed by atoms with Crippen molar-refractivity contribution in [2.75, 3.05) is 18.5 Å². The number of amides is 1. The molecule has 0 fully saturated rings. The van der Waals surface area contributed by atoms with Crippen molar-refractivity contribution in [3.63, 3.8) is 0 Å². The minimum absolute atomic E-state index is 0. The summed E-state index contributed by atoms with van der Waals surface area (Å²) in [7, 11) is 0. The monoisotopic (exact) mass is 926 g/mol. The number of ether oxygens (including phenoxy) is 2. The number of nitrogens with one attached hydrogen (secondary N) is 1. The molecule has 1 amide bonds. The zero-order chi connectivity index (χ0) is 40.4. The molecule has 2 aromatic carbocycles. The van der Waals surface area contributed by atoms with Gasteiger partial charge in [-0.05, 0) is 50.2 Å². The Hall–Kier alpha value is -5.75. The first kappa shape index (κ1) is 48.3. The van der Waals surface area contributed by atoms with Gasteiger partial charge < -0.3 is 26.0 Å². The van der Waals surface area contributed by atoms with Crippen LogP contribution < -0.4 is 11.5 Å². The Morgan fingerprint density at radius 3 is 1.79 bits per heavy atom. The van der Waals surface area contributed by atoms with Crippen molar-refractivity contribution < 1.29 is 64.9 Å². The predicted octanol–water partition coefficient (Wildman–Crippen LogP) is 7.40. The zero-order valence-corrected chi connectivity index (χ0v) is 31.2. The summed E-state index contributed by atoms with van der Waals surface area (Å²) in [6.45, 7) is 2.94. The van der Waals surface area contributed by atoms with Crippen LogP contribution in [0.5, 0.6) is 0 Å². The van der Waals surface area contributed by atoms with Gasteiger partial charge in [0.1, 0.15) is 5.82 Å². The van der Waals surface area contributed by atoms with Crippen molar-refractivity contribution in [3.05, 3.63) is 86.4 Å². The van der Waals surface area contributed by atoms with Crippen LogP contribution in [0.4, 0.5) is 32.2 Å². The Balaban J connectivity index is 0.000000506. The topological polar surface area (TPSA) is 232 Å². The Bertz CT molecular complexity index is 2180. The third kappa shape index (κ3) is 11.9. The number of aldehydes is 1. The first-order valence-corrected chi connectivity index (χ1v) is 16.2. The van der Waals surface area contributed by atoms with E-state index in [1.807, 2.05) is 0 Å². The molecule has 0 bridgehead atoms. The van der Waals surface area contributed by atoms with Crippen LogP contribution in [0.1, 0.15) is 58.4 Å². The maximum atomic E-state index is 12.9. The first-order valence-electron chi connectivity index (χ1n) is 14.6. The fourth-order valence-corrected chi connectivity index (χ4v) is 4.94. The highest BCUT2D eigenvalue weighted by Crippen LogP contribution is 2.30. The lowest BCUT2D eigenvalue weighted by atomic mass is 10.2. The van der Waals surface area contributed by atoms with Gasteiger partial charge in [0.05, 0.1) is 35.5 Å². The molecule has 5 N–H and O–H groups in total. The second-order valence-corrected chi connectivity index (χ2v) is 11.6. The van der Waals surface area contributed by atoms with Crippen LogP contribution in [0.25, 0.3) is 22.4 Å². The van der Waals surface area contributed by atoms with Gasteiger partial charge in [-0.1, -0.05) is 51.4 Å². The standard InChI is InChI=1S/C15H10BrF3N4O2.C15H11BrF3N3O4.CH2O2.CH4.H3N/c1-2-25-13(24)11-10-7-20-14(15(17,18)19)21-12(10)23(22-11)9-5-3-4-8(16)6-9;1-2-26-13(24)11-10(7-23)12(20-14(25)15(17,18)19)22(21-11)9-5-3-4-8(16)6-9;2-1-3;;/h3-7H,2H2,1H3;3-7H,2H2,1H3,(H,20,25);1H,(H,2,3);1H4;1H3.